The molecule has 0 radical (unpaired) electrons. The third-order valence-electron chi connectivity index (χ3n) is 3.26. The normalized spacial score (nSPS) is 10.4. The van der Waals surface area contributed by atoms with Crippen molar-refractivity contribution in [1.29, 1.82) is 0 Å². The number of aryl methyl sites for hydroxylation is 1. The highest BCUT2D eigenvalue weighted by molar-refractivity contribution is 6.31. The average molecular weight is 343 g/mol. The molecule has 0 aliphatic heterocycles. The number of para-hydroxylation sites is 1. The highest BCUT2D eigenvalue weighted by atomic mass is 35.5. The molecule has 3 rings (SSSR count). The van der Waals surface area contributed by atoms with Gasteiger partial charge in [-0.25, -0.2) is 0 Å². The Morgan fingerprint density at radius 1 is 1.21 bits per heavy atom. The maximum absolute atomic E-state index is 12.5. The Balaban J connectivity index is 1.78. The number of amides is 1. The van der Waals surface area contributed by atoms with Crippen molar-refractivity contribution in [2.75, 3.05) is 5.32 Å². The summed E-state index contributed by atoms with van der Waals surface area (Å²) in [5.74, 6) is 0.700. The van der Waals surface area contributed by atoms with E-state index in [9.17, 15) is 4.79 Å². The summed E-state index contributed by atoms with van der Waals surface area (Å²) in [6, 6.07) is 15.9. The van der Waals surface area contributed by atoms with Gasteiger partial charge < -0.3 is 14.6 Å². The molecule has 1 heterocycles. The third-order valence-corrected chi connectivity index (χ3v) is 3.50. The highest BCUT2D eigenvalue weighted by Gasteiger charge is 2.14. The molecule has 0 saturated carbocycles. The van der Waals surface area contributed by atoms with E-state index in [1.165, 1.54) is 0 Å². The first-order valence-corrected chi connectivity index (χ1v) is 7.70. The summed E-state index contributed by atoms with van der Waals surface area (Å²) in [6.45, 7) is 2.00. The lowest BCUT2D eigenvalue weighted by Crippen LogP contribution is -2.13. The van der Waals surface area contributed by atoms with E-state index in [0.717, 1.165) is 5.69 Å². The Morgan fingerprint density at radius 3 is 2.71 bits per heavy atom. The molecule has 0 unspecified atom stereocenters. The number of carbonyl (C=O) groups is 1. The molecule has 1 amide bonds. The second-order valence-electron chi connectivity index (χ2n) is 5.18. The molecular weight excluding hydrogens is 328 g/mol. The van der Waals surface area contributed by atoms with Crippen LogP contribution in [0.3, 0.4) is 0 Å². The smallest absolute Gasteiger partial charge is 0.259 e. The van der Waals surface area contributed by atoms with Crippen molar-refractivity contribution in [3.8, 4) is 5.75 Å². The lowest BCUT2D eigenvalue weighted by molar-refractivity contribution is 0.102. The molecule has 0 aliphatic carbocycles. The van der Waals surface area contributed by atoms with Gasteiger partial charge in [0, 0.05) is 16.8 Å². The number of hydrogen-bond acceptors (Lipinski definition) is 4. The van der Waals surface area contributed by atoms with Crippen LogP contribution < -0.4 is 10.1 Å². The Hall–Kier alpha value is -2.79. The molecule has 24 heavy (non-hydrogen) atoms. The fourth-order valence-corrected chi connectivity index (χ4v) is 2.33. The Bertz CT molecular complexity index is 846. The summed E-state index contributed by atoms with van der Waals surface area (Å²) in [6.07, 6.45) is 0. The van der Waals surface area contributed by atoms with Gasteiger partial charge in [0.05, 0.1) is 11.3 Å². The van der Waals surface area contributed by atoms with Crippen molar-refractivity contribution in [3.05, 3.63) is 76.6 Å². The van der Waals surface area contributed by atoms with Crippen LogP contribution in [0, 0.1) is 6.92 Å². The van der Waals surface area contributed by atoms with Crippen LogP contribution in [0.4, 0.5) is 5.69 Å². The molecule has 0 atom stereocenters. The van der Waals surface area contributed by atoms with Crippen molar-refractivity contribution >= 4 is 23.2 Å². The van der Waals surface area contributed by atoms with Gasteiger partial charge in [-0.15, -0.1) is 0 Å². The number of benzene rings is 2. The second-order valence-corrected chi connectivity index (χ2v) is 5.62. The Kier molecular flexibility index (Phi) is 4.82. The zero-order chi connectivity index (χ0) is 16.9. The van der Waals surface area contributed by atoms with Gasteiger partial charge in [-0.2, -0.15) is 0 Å². The first-order chi connectivity index (χ1) is 11.6. The molecule has 0 saturated heterocycles. The minimum absolute atomic E-state index is 0.175. The van der Waals surface area contributed by atoms with Crippen molar-refractivity contribution in [3.63, 3.8) is 0 Å². The minimum atomic E-state index is -0.299. The summed E-state index contributed by atoms with van der Waals surface area (Å²) >= 11 is 6.02. The number of rotatable bonds is 5. The number of hydrogen-bond donors (Lipinski definition) is 1. The van der Waals surface area contributed by atoms with Crippen LogP contribution >= 0.6 is 11.6 Å². The lowest BCUT2D eigenvalue weighted by atomic mass is 10.1. The lowest BCUT2D eigenvalue weighted by Gasteiger charge is -2.11. The van der Waals surface area contributed by atoms with Crippen LogP contribution in [0.25, 0.3) is 0 Å². The number of nitrogens with one attached hydrogen (secondary N) is 1. The molecular formula is C18H15ClN2O3. The van der Waals surface area contributed by atoms with Gasteiger partial charge in [0.15, 0.2) is 5.76 Å². The molecule has 6 heteroatoms. The topological polar surface area (TPSA) is 64.4 Å². The van der Waals surface area contributed by atoms with Crippen LogP contribution in [0.1, 0.15) is 21.8 Å². The van der Waals surface area contributed by atoms with Crippen molar-refractivity contribution in [1.82, 2.24) is 5.16 Å². The quantitative estimate of drug-likeness (QED) is 0.743. The highest BCUT2D eigenvalue weighted by Crippen LogP contribution is 2.25. The monoisotopic (exact) mass is 342 g/mol. The second kappa shape index (κ2) is 7.19. The van der Waals surface area contributed by atoms with Crippen LogP contribution in [0.15, 0.2) is 59.1 Å². The van der Waals surface area contributed by atoms with E-state index in [1.807, 2.05) is 25.1 Å². The summed E-state index contributed by atoms with van der Waals surface area (Å²) in [7, 11) is 0. The third kappa shape index (κ3) is 3.94. The first-order valence-electron chi connectivity index (χ1n) is 7.33. The number of anilines is 1. The van der Waals surface area contributed by atoms with Crippen molar-refractivity contribution in [2.45, 2.75) is 13.5 Å². The van der Waals surface area contributed by atoms with Gasteiger partial charge in [0.25, 0.3) is 5.91 Å². The van der Waals surface area contributed by atoms with Crippen molar-refractivity contribution < 1.29 is 14.1 Å². The van der Waals surface area contributed by atoms with E-state index < -0.39 is 0 Å². The van der Waals surface area contributed by atoms with E-state index in [4.69, 9.17) is 20.9 Å². The van der Waals surface area contributed by atoms with E-state index in [-0.39, 0.29) is 12.5 Å². The van der Waals surface area contributed by atoms with Gasteiger partial charge in [-0.05, 0) is 37.3 Å². The largest absolute Gasteiger partial charge is 0.485 e. The van der Waals surface area contributed by atoms with Crippen molar-refractivity contribution in [2.24, 2.45) is 0 Å². The maximum atomic E-state index is 12.5. The average Bonchev–Trinajstić information content (AvgIpc) is 3.00. The predicted molar refractivity (Wildman–Crippen MR) is 91.4 cm³/mol. The molecule has 3 aromatic rings. The van der Waals surface area contributed by atoms with Crippen LogP contribution in [-0.4, -0.2) is 11.1 Å². The maximum Gasteiger partial charge on any atom is 0.259 e. The molecule has 0 fully saturated rings. The predicted octanol–water partition coefficient (Wildman–Crippen LogP) is 4.47. The Labute approximate surface area is 144 Å². The zero-order valence-corrected chi connectivity index (χ0v) is 13.7. The molecule has 0 aliphatic rings. The van der Waals surface area contributed by atoms with E-state index in [0.29, 0.717) is 27.8 Å². The zero-order valence-electron chi connectivity index (χ0n) is 13.0. The summed E-state index contributed by atoms with van der Waals surface area (Å²) in [5.41, 5.74) is 1.81. The molecule has 2 aromatic carbocycles. The molecule has 0 spiro atoms. The number of carbonyl (C=O) groups excluding carboxylic acids is 1. The fraction of sp³-hybridized carbons (Fsp3) is 0.111. The van der Waals surface area contributed by atoms with Gasteiger partial charge in [-0.1, -0.05) is 35.0 Å². The fourth-order valence-electron chi connectivity index (χ4n) is 2.16. The van der Waals surface area contributed by atoms with Crippen LogP contribution in [0.5, 0.6) is 5.75 Å². The SMILES string of the molecule is Cc1cc(COc2ccc(Cl)cc2C(=O)Nc2ccccc2)on1. The van der Waals surface area contributed by atoms with Gasteiger partial charge in [0.1, 0.15) is 12.4 Å². The summed E-state index contributed by atoms with van der Waals surface area (Å²) in [4.78, 5) is 12.5. The number of nitrogens with zero attached hydrogens (tertiary/aromatic N) is 1. The van der Waals surface area contributed by atoms with Gasteiger partial charge in [-0.3, -0.25) is 4.79 Å². The molecule has 0 bridgehead atoms. The van der Waals surface area contributed by atoms with E-state index >= 15 is 0 Å². The molecule has 122 valence electrons. The Morgan fingerprint density at radius 2 is 2.00 bits per heavy atom. The van der Waals surface area contributed by atoms with E-state index in [1.54, 1.807) is 36.4 Å². The standard InChI is InChI=1S/C18H15ClN2O3/c1-12-9-15(24-21-12)11-23-17-8-7-13(19)10-16(17)18(22)20-14-5-3-2-4-6-14/h2-10H,11H2,1H3,(H,20,22). The number of aromatic nitrogens is 1. The van der Waals surface area contributed by atoms with Gasteiger partial charge in [0.2, 0.25) is 0 Å². The number of halogens is 1. The first kappa shape index (κ1) is 16.1. The summed E-state index contributed by atoms with van der Waals surface area (Å²) < 4.78 is 10.8. The summed E-state index contributed by atoms with van der Waals surface area (Å²) in [5, 5.41) is 7.07. The minimum Gasteiger partial charge on any atom is -0.485 e. The molecule has 5 nitrogen and oxygen atoms in total. The van der Waals surface area contributed by atoms with Crippen LogP contribution in [0.2, 0.25) is 5.02 Å². The number of ether oxygens (including phenoxy) is 1. The van der Waals surface area contributed by atoms with Crippen LogP contribution in [-0.2, 0) is 6.61 Å². The van der Waals surface area contributed by atoms with E-state index in [2.05, 4.69) is 10.5 Å². The molecule has 1 N–H and O–H groups in total. The van der Waals surface area contributed by atoms with Gasteiger partial charge >= 0.3 is 0 Å². The molecule has 1 aromatic heterocycles.